The highest BCUT2D eigenvalue weighted by Crippen LogP contribution is 2.21. The minimum absolute atomic E-state index is 0.200. The summed E-state index contributed by atoms with van der Waals surface area (Å²) >= 11 is 0. The molecule has 3 rings (SSSR count). The number of carbonyl (C=O) groups excluding carboxylic acids is 1. The minimum atomic E-state index is 0.200. The molecule has 4 nitrogen and oxygen atoms in total. The van der Waals surface area contributed by atoms with Crippen molar-refractivity contribution < 1.29 is 14.4 Å². The lowest BCUT2D eigenvalue weighted by atomic mass is 10.1. The molecule has 0 amide bonds. The Labute approximate surface area is 112 Å². The highest BCUT2D eigenvalue weighted by atomic mass is 16.5. The van der Waals surface area contributed by atoms with E-state index < -0.39 is 0 Å². The Bertz CT molecular complexity index is 597. The molecule has 0 aliphatic carbocycles. The molecule has 0 spiro atoms. The standard InChI is InChI=1S/C15H18N2O2/c1-11-12-4-2-3-5-13(12)16-15(11)14(18)10-17-6-8-19-9-7-17/h2-5,16H,6-10H2,1H3/p+1. The number of Topliss-reactive ketones (excluding diaryl/α,β-unsaturated/α-hetero) is 1. The number of rotatable bonds is 3. The second-order valence-corrected chi connectivity index (χ2v) is 5.13. The average Bonchev–Trinajstić information content (AvgIpc) is 2.78. The Hall–Kier alpha value is -1.65. The van der Waals surface area contributed by atoms with E-state index in [0.717, 1.165) is 48.5 Å². The third-order valence-electron chi connectivity index (χ3n) is 3.86. The van der Waals surface area contributed by atoms with Gasteiger partial charge in [-0.05, 0) is 18.6 Å². The summed E-state index contributed by atoms with van der Waals surface area (Å²) in [6, 6.07) is 8.06. The molecule has 1 fully saturated rings. The normalized spacial score (nSPS) is 16.9. The average molecular weight is 259 g/mol. The number of quaternary nitrogens is 1. The van der Waals surface area contributed by atoms with Crippen molar-refractivity contribution in [2.75, 3.05) is 32.8 Å². The van der Waals surface area contributed by atoms with Crippen molar-refractivity contribution in [3.8, 4) is 0 Å². The second kappa shape index (κ2) is 5.15. The molecule has 1 aliphatic rings. The number of fused-ring (bicyclic) bond motifs is 1. The molecular weight excluding hydrogens is 240 g/mol. The Morgan fingerprint density at radius 1 is 1.32 bits per heavy atom. The SMILES string of the molecule is Cc1c(C(=O)C[NH+]2CCOCC2)[nH]c2ccccc12. The van der Waals surface area contributed by atoms with Gasteiger partial charge in [-0.2, -0.15) is 0 Å². The first-order valence-corrected chi connectivity index (χ1v) is 6.77. The van der Waals surface area contributed by atoms with Gasteiger partial charge < -0.3 is 14.6 Å². The number of nitrogens with one attached hydrogen (secondary N) is 2. The van der Waals surface area contributed by atoms with Gasteiger partial charge in [0.05, 0.1) is 18.9 Å². The zero-order valence-corrected chi connectivity index (χ0v) is 11.2. The van der Waals surface area contributed by atoms with Crippen molar-refractivity contribution in [3.05, 3.63) is 35.5 Å². The Balaban J connectivity index is 1.83. The number of carbonyl (C=O) groups is 1. The summed E-state index contributed by atoms with van der Waals surface area (Å²) in [6.07, 6.45) is 0. The number of aromatic amines is 1. The quantitative estimate of drug-likeness (QED) is 0.792. The van der Waals surface area contributed by atoms with Gasteiger partial charge in [0.25, 0.3) is 0 Å². The number of ether oxygens (including phenoxy) is 1. The first-order chi connectivity index (χ1) is 9.25. The van der Waals surface area contributed by atoms with E-state index in [4.69, 9.17) is 4.74 Å². The van der Waals surface area contributed by atoms with Gasteiger partial charge in [0.2, 0.25) is 5.78 Å². The zero-order chi connectivity index (χ0) is 13.2. The fraction of sp³-hybridized carbons (Fsp3) is 0.400. The van der Waals surface area contributed by atoms with Crippen molar-refractivity contribution in [3.63, 3.8) is 0 Å². The number of hydrogen-bond donors (Lipinski definition) is 2. The maximum Gasteiger partial charge on any atom is 0.233 e. The number of morpholine rings is 1. The van der Waals surface area contributed by atoms with E-state index in [0.29, 0.717) is 6.54 Å². The lowest BCUT2D eigenvalue weighted by molar-refractivity contribution is -0.899. The van der Waals surface area contributed by atoms with Crippen LogP contribution in [0.15, 0.2) is 24.3 Å². The number of hydrogen-bond acceptors (Lipinski definition) is 2. The number of ketones is 1. The van der Waals surface area contributed by atoms with E-state index >= 15 is 0 Å². The second-order valence-electron chi connectivity index (χ2n) is 5.13. The highest BCUT2D eigenvalue weighted by Gasteiger charge is 2.21. The number of para-hydroxylation sites is 1. The summed E-state index contributed by atoms with van der Waals surface area (Å²) in [5.74, 6) is 0.200. The molecule has 1 aromatic heterocycles. The molecular formula is C15H19N2O2+. The van der Waals surface area contributed by atoms with Crippen molar-refractivity contribution in [1.82, 2.24) is 4.98 Å². The molecule has 0 unspecified atom stereocenters. The zero-order valence-electron chi connectivity index (χ0n) is 11.2. The molecule has 100 valence electrons. The molecule has 0 radical (unpaired) electrons. The van der Waals surface area contributed by atoms with Gasteiger partial charge in [-0.15, -0.1) is 0 Å². The largest absolute Gasteiger partial charge is 0.370 e. The molecule has 1 aromatic carbocycles. The van der Waals surface area contributed by atoms with Crippen molar-refractivity contribution in [2.24, 2.45) is 0 Å². The molecule has 2 aromatic rings. The van der Waals surface area contributed by atoms with Gasteiger partial charge in [0.15, 0.2) is 0 Å². The molecule has 0 atom stereocenters. The highest BCUT2D eigenvalue weighted by molar-refractivity contribution is 6.02. The van der Waals surface area contributed by atoms with Crippen LogP contribution in [-0.4, -0.2) is 43.6 Å². The topological polar surface area (TPSA) is 46.5 Å². The van der Waals surface area contributed by atoms with Gasteiger partial charge in [-0.1, -0.05) is 18.2 Å². The summed E-state index contributed by atoms with van der Waals surface area (Å²) in [5.41, 5.74) is 2.87. The van der Waals surface area contributed by atoms with Crippen LogP contribution in [0.25, 0.3) is 10.9 Å². The van der Waals surface area contributed by atoms with Crippen LogP contribution in [0.2, 0.25) is 0 Å². The third kappa shape index (κ3) is 2.41. The summed E-state index contributed by atoms with van der Waals surface area (Å²) in [4.78, 5) is 17.0. The molecule has 2 N–H and O–H groups in total. The molecule has 4 heteroatoms. The molecule has 1 aliphatic heterocycles. The van der Waals surface area contributed by atoms with E-state index in [1.807, 2.05) is 25.1 Å². The van der Waals surface area contributed by atoms with Crippen LogP contribution in [0.4, 0.5) is 0 Å². The summed E-state index contributed by atoms with van der Waals surface area (Å²) in [5, 5.41) is 1.14. The molecule has 19 heavy (non-hydrogen) atoms. The van der Waals surface area contributed by atoms with Gasteiger partial charge in [-0.25, -0.2) is 0 Å². The van der Waals surface area contributed by atoms with Crippen molar-refractivity contribution in [1.29, 1.82) is 0 Å². The molecule has 0 saturated carbocycles. The van der Waals surface area contributed by atoms with E-state index in [9.17, 15) is 4.79 Å². The lowest BCUT2D eigenvalue weighted by Crippen LogP contribution is -3.14. The van der Waals surface area contributed by atoms with Crippen LogP contribution < -0.4 is 4.90 Å². The van der Waals surface area contributed by atoms with Crippen LogP contribution in [0, 0.1) is 6.92 Å². The smallest absolute Gasteiger partial charge is 0.233 e. The third-order valence-corrected chi connectivity index (χ3v) is 3.86. The van der Waals surface area contributed by atoms with Crippen LogP contribution >= 0.6 is 0 Å². The molecule has 0 bridgehead atoms. The van der Waals surface area contributed by atoms with Crippen LogP contribution in [-0.2, 0) is 4.74 Å². The number of aryl methyl sites for hydroxylation is 1. The van der Waals surface area contributed by atoms with Crippen molar-refractivity contribution in [2.45, 2.75) is 6.92 Å². The number of benzene rings is 1. The first kappa shape index (κ1) is 12.4. The van der Waals surface area contributed by atoms with Crippen LogP contribution in [0.1, 0.15) is 16.1 Å². The summed E-state index contributed by atoms with van der Waals surface area (Å²) in [7, 11) is 0. The van der Waals surface area contributed by atoms with E-state index in [2.05, 4.69) is 11.1 Å². The minimum Gasteiger partial charge on any atom is -0.370 e. The molecule has 2 heterocycles. The monoisotopic (exact) mass is 259 g/mol. The van der Waals surface area contributed by atoms with Gasteiger partial charge >= 0.3 is 0 Å². The fourth-order valence-electron chi connectivity index (χ4n) is 2.71. The molecule has 1 saturated heterocycles. The predicted molar refractivity (Wildman–Crippen MR) is 73.7 cm³/mol. The fourth-order valence-corrected chi connectivity index (χ4v) is 2.71. The summed E-state index contributed by atoms with van der Waals surface area (Å²) in [6.45, 7) is 5.93. The number of aromatic nitrogens is 1. The Morgan fingerprint density at radius 3 is 2.79 bits per heavy atom. The Kier molecular flexibility index (Phi) is 3.36. The lowest BCUT2D eigenvalue weighted by Gasteiger charge is -2.22. The van der Waals surface area contributed by atoms with Crippen LogP contribution in [0.5, 0.6) is 0 Å². The Morgan fingerprint density at radius 2 is 2.05 bits per heavy atom. The maximum absolute atomic E-state index is 12.4. The van der Waals surface area contributed by atoms with E-state index in [1.165, 1.54) is 4.90 Å². The van der Waals surface area contributed by atoms with Gasteiger partial charge in [0, 0.05) is 10.9 Å². The van der Waals surface area contributed by atoms with E-state index in [1.54, 1.807) is 0 Å². The first-order valence-electron chi connectivity index (χ1n) is 6.77. The van der Waals surface area contributed by atoms with E-state index in [-0.39, 0.29) is 5.78 Å². The van der Waals surface area contributed by atoms with Gasteiger partial charge in [0.1, 0.15) is 19.6 Å². The van der Waals surface area contributed by atoms with Gasteiger partial charge in [-0.3, -0.25) is 4.79 Å². The summed E-state index contributed by atoms with van der Waals surface area (Å²) < 4.78 is 5.32. The number of H-pyrrole nitrogens is 1. The predicted octanol–water partition coefficient (Wildman–Crippen LogP) is 0.574. The van der Waals surface area contributed by atoms with Crippen LogP contribution in [0.3, 0.4) is 0 Å². The maximum atomic E-state index is 12.4. The van der Waals surface area contributed by atoms with Crippen molar-refractivity contribution >= 4 is 16.7 Å².